The van der Waals surface area contributed by atoms with Gasteiger partial charge < -0.3 is 0 Å². The van der Waals surface area contributed by atoms with Crippen LogP contribution in [0.4, 0.5) is 0 Å². The highest BCUT2D eigenvalue weighted by Gasteiger charge is 2.60. The molecule has 1 atom stereocenters. The summed E-state index contributed by atoms with van der Waals surface area (Å²) < 4.78 is -2.44. The van der Waals surface area contributed by atoms with Gasteiger partial charge in [0, 0.05) is 0 Å². The average molecular weight is 270 g/mol. The zero-order chi connectivity index (χ0) is 9.62. The fourth-order valence-electron chi connectivity index (χ4n) is 1.34. The molecule has 1 saturated carbocycles. The van der Waals surface area contributed by atoms with Gasteiger partial charge in [-0.25, -0.2) is 0 Å². The molecular formula is C7H9Cl5. The van der Waals surface area contributed by atoms with Gasteiger partial charge >= 0.3 is 0 Å². The molecule has 0 nitrogen and oxygen atoms in total. The minimum atomic E-state index is -1.29. The van der Waals surface area contributed by atoms with Crippen LogP contribution in [0.5, 0.6) is 0 Å². The van der Waals surface area contributed by atoms with E-state index in [1.807, 2.05) is 0 Å². The second kappa shape index (κ2) is 3.24. The molecule has 1 fully saturated rings. The molecule has 12 heavy (non-hydrogen) atoms. The lowest BCUT2D eigenvalue weighted by Gasteiger charge is -2.46. The number of hydrogen-bond donors (Lipinski definition) is 0. The first-order chi connectivity index (χ1) is 5.21. The van der Waals surface area contributed by atoms with Crippen LogP contribution in [-0.2, 0) is 0 Å². The third-order valence-electron chi connectivity index (χ3n) is 2.25. The van der Waals surface area contributed by atoms with Crippen molar-refractivity contribution in [3.63, 3.8) is 0 Å². The predicted molar refractivity (Wildman–Crippen MR) is 57.0 cm³/mol. The maximum atomic E-state index is 6.12. The molecule has 1 aliphatic carbocycles. The van der Waals surface area contributed by atoms with Gasteiger partial charge in [-0.2, -0.15) is 0 Å². The molecule has 1 unspecified atom stereocenters. The second-order valence-electron chi connectivity index (χ2n) is 3.33. The summed E-state index contributed by atoms with van der Waals surface area (Å²) in [6.07, 6.45) is 2.14. The monoisotopic (exact) mass is 268 g/mol. The summed E-state index contributed by atoms with van der Waals surface area (Å²) in [5.74, 6) is 0. The molecule has 0 radical (unpaired) electrons. The van der Waals surface area contributed by atoms with Gasteiger partial charge in [0.15, 0.2) is 8.67 Å². The fraction of sp³-hybridized carbons (Fsp3) is 1.00. The molecule has 0 spiro atoms. The van der Waals surface area contributed by atoms with E-state index in [-0.39, 0.29) is 0 Å². The van der Waals surface area contributed by atoms with E-state index in [1.165, 1.54) is 0 Å². The molecule has 0 aromatic carbocycles. The van der Waals surface area contributed by atoms with Crippen LogP contribution in [-0.4, -0.2) is 13.5 Å². The molecular weight excluding hydrogens is 261 g/mol. The normalized spacial score (nSPS) is 39.5. The number of alkyl halides is 5. The Morgan fingerprint density at radius 1 is 0.917 bits per heavy atom. The average Bonchev–Trinajstić information content (AvgIpc) is 1.83. The van der Waals surface area contributed by atoms with Gasteiger partial charge in [0.05, 0.1) is 4.87 Å². The maximum Gasteiger partial charge on any atom is 0.169 e. The number of hydrogen-bond acceptors (Lipinski definition) is 0. The van der Waals surface area contributed by atoms with Crippen molar-refractivity contribution in [2.75, 3.05) is 0 Å². The summed E-state index contributed by atoms with van der Waals surface area (Å²) in [6.45, 7) is 1.76. The summed E-state index contributed by atoms with van der Waals surface area (Å²) in [7, 11) is 0. The highest BCUT2D eigenvalue weighted by atomic mass is 35.5. The molecule has 0 aromatic heterocycles. The smallest absolute Gasteiger partial charge is 0.116 e. The van der Waals surface area contributed by atoms with E-state index in [9.17, 15) is 0 Å². The van der Waals surface area contributed by atoms with Crippen molar-refractivity contribution in [2.24, 2.45) is 0 Å². The van der Waals surface area contributed by atoms with Gasteiger partial charge in [-0.3, -0.25) is 0 Å². The largest absolute Gasteiger partial charge is 0.169 e. The lowest BCUT2D eigenvalue weighted by atomic mass is 9.88. The van der Waals surface area contributed by atoms with Gasteiger partial charge in [0.1, 0.15) is 0 Å². The number of rotatable bonds is 0. The number of halogens is 5. The van der Waals surface area contributed by atoms with Crippen molar-refractivity contribution in [2.45, 2.75) is 39.7 Å². The lowest BCUT2D eigenvalue weighted by molar-refractivity contribution is 0.371. The van der Waals surface area contributed by atoms with E-state index >= 15 is 0 Å². The Bertz CT molecular complexity index is 166. The van der Waals surface area contributed by atoms with E-state index in [1.54, 1.807) is 6.92 Å². The molecule has 72 valence electrons. The van der Waals surface area contributed by atoms with Crippen LogP contribution in [0.1, 0.15) is 26.2 Å². The van der Waals surface area contributed by atoms with E-state index in [4.69, 9.17) is 58.0 Å². The van der Waals surface area contributed by atoms with Crippen LogP contribution in [0.25, 0.3) is 0 Å². The Morgan fingerprint density at radius 3 is 1.75 bits per heavy atom. The van der Waals surface area contributed by atoms with Gasteiger partial charge in [-0.05, 0) is 26.2 Å². The molecule has 1 rings (SSSR count). The molecule has 1 aliphatic rings. The van der Waals surface area contributed by atoms with Crippen LogP contribution in [0.15, 0.2) is 0 Å². The molecule has 0 amide bonds. The molecule has 0 aliphatic heterocycles. The van der Waals surface area contributed by atoms with Crippen LogP contribution in [0.3, 0.4) is 0 Å². The van der Waals surface area contributed by atoms with E-state index in [0.29, 0.717) is 6.42 Å². The van der Waals surface area contributed by atoms with E-state index in [2.05, 4.69) is 0 Å². The van der Waals surface area contributed by atoms with Gasteiger partial charge in [0.25, 0.3) is 0 Å². The molecule has 0 saturated heterocycles. The quantitative estimate of drug-likeness (QED) is 0.568. The van der Waals surface area contributed by atoms with Crippen molar-refractivity contribution >= 4 is 58.0 Å². The first-order valence-corrected chi connectivity index (χ1v) is 5.54. The Kier molecular flexibility index (Phi) is 3.11. The summed E-state index contributed by atoms with van der Waals surface area (Å²) in [5.41, 5.74) is 0. The van der Waals surface area contributed by atoms with Crippen molar-refractivity contribution in [3.05, 3.63) is 0 Å². The Hall–Kier alpha value is 1.45. The van der Waals surface area contributed by atoms with Crippen molar-refractivity contribution < 1.29 is 0 Å². The van der Waals surface area contributed by atoms with Crippen molar-refractivity contribution in [1.29, 1.82) is 0 Å². The lowest BCUT2D eigenvalue weighted by Crippen LogP contribution is -2.54. The minimum Gasteiger partial charge on any atom is -0.116 e. The summed E-state index contributed by atoms with van der Waals surface area (Å²) in [4.78, 5) is -0.752. The molecule has 5 heteroatoms. The summed E-state index contributed by atoms with van der Waals surface area (Å²) in [6, 6.07) is 0. The summed E-state index contributed by atoms with van der Waals surface area (Å²) >= 11 is 30.1. The minimum absolute atomic E-state index is 0.575. The van der Waals surface area contributed by atoms with E-state index in [0.717, 1.165) is 12.8 Å². The first kappa shape index (κ1) is 11.5. The third kappa shape index (κ3) is 1.66. The predicted octanol–water partition coefficient (Wildman–Crippen LogP) is 4.52. The highest BCUT2D eigenvalue weighted by molar-refractivity contribution is 6.65. The molecule has 0 bridgehead atoms. The standard InChI is InChI=1S/C7H9Cl5/c1-5(8)3-2-4-6(9,10)7(5,11)12/h2-4H2,1H3. The van der Waals surface area contributed by atoms with Crippen LogP contribution in [0, 0.1) is 0 Å². The van der Waals surface area contributed by atoms with Crippen LogP contribution >= 0.6 is 58.0 Å². The van der Waals surface area contributed by atoms with E-state index < -0.39 is 13.5 Å². The molecule has 0 N–H and O–H groups in total. The van der Waals surface area contributed by atoms with Crippen molar-refractivity contribution in [3.8, 4) is 0 Å². The molecule has 0 heterocycles. The van der Waals surface area contributed by atoms with Gasteiger partial charge in [-0.15, -0.1) is 11.6 Å². The summed E-state index contributed by atoms with van der Waals surface area (Å²) in [5, 5.41) is 0. The Balaban J connectivity index is 2.99. The zero-order valence-corrected chi connectivity index (χ0v) is 10.3. The molecule has 0 aromatic rings. The second-order valence-corrected chi connectivity index (χ2v) is 6.98. The SMILES string of the molecule is CC1(Cl)CCCC(Cl)(Cl)C1(Cl)Cl. The topological polar surface area (TPSA) is 0 Å². The van der Waals surface area contributed by atoms with Gasteiger partial charge in [-0.1, -0.05) is 46.4 Å². The van der Waals surface area contributed by atoms with Crippen LogP contribution < -0.4 is 0 Å². The van der Waals surface area contributed by atoms with Crippen LogP contribution in [0.2, 0.25) is 0 Å². The third-order valence-corrected chi connectivity index (χ3v) is 5.73. The van der Waals surface area contributed by atoms with Gasteiger partial charge in [0.2, 0.25) is 0 Å². The Labute approximate surface area is 97.4 Å². The fourth-order valence-corrected chi connectivity index (χ4v) is 2.79. The highest BCUT2D eigenvalue weighted by Crippen LogP contribution is 2.59. The zero-order valence-electron chi connectivity index (χ0n) is 6.51. The first-order valence-electron chi connectivity index (χ1n) is 3.65. The maximum absolute atomic E-state index is 6.12. The van der Waals surface area contributed by atoms with Crippen molar-refractivity contribution in [1.82, 2.24) is 0 Å². The Morgan fingerprint density at radius 2 is 1.42 bits per heavy atom.